The molecule has 3 nitrogen and oxygen atoms in total. The smallest absolute Gasteiger partial charge is 0.222 e. The van der Waals surface area contributed by atoms with Gasteiger partial charge in [-0.15, -0.1) is 0 Å². The van der Waals surface area contributed by atoms with Crippen LogP contribution in [0.2, 0.25) is 0 Å². The Balaban J connectivity index is 4.43. The Morgan fingerprint density at radius 3 is 2.17 bits per heavy atom. The van der Waals surface area contributed by atoms with E-state index in [-0.39, 0.29) is 12.5 Å². The standard InChI is InChI=1S/C9H19NO2/c1-5-8(12)10(6-2)9(3,4)7-11/h11H,5-7H2,1-4H3. The van der Waals surface area contributed by atoms with Crippen molar-refractivity contribution in [1.29, 1.82) is 0 Å². The first-order valence-electron chi connectivity index (χ1n) is 4.41. The van der Waals surface area contributed by atoms with E-state index in [4.69, 9.17) is 5.11 Å². The van der Waals surface area contributed by atoms with Gasteiger partial charge in [-0.2, -0.15) is 0 Å². The van der Waals surface area contributed by atoms with Gasteiger partial charge < -0.3 is 10.0 Å². The number of likely N-dealkylation sites (N-methyl/N-ethyl adjacent to an activating group) is 1. The SMILES string of the molecule is CCC(=O)N(CC)C(C)(C)CO. The van der Waals surface area contributed by atoms with E-state index in [1.54, 1.807) is 4.90 Å². The fourth-order valence-electron chi connectivity index (χ4n) is 1.22. The summed E-state index contributed by atoms with van der Waals surface area (Å²) in [6, 6.07) is 0. The lowest BCUT2D eigenvalue weighted by Gasteiger charge is -2.36. The van der Waals surface area contributed by atoms with Gasteiger partial charge in [-0.1, -0.05) is 6.92 Å². The second-order valence-corrected chi connectivity index (χ2v) is 3.46. The molecule has 0 rings (SSSR count). The third kappa shape index (κ3) is 2.48. The van der Waals surface area contributed by atoms with E-state index in [1.807, 2.05) is 27.7 Å². The largest absolute Gasteiger partial charge is 0.394 e. The van der Waals surface area contributed by atoms with Gasteiger partial charge in [0.05, 0.1) is 12.1 Å². The number of carbonyl (C=O) groups is 1. The molecule has 0 aliphatic carbocycles. The molecule has 1 amide bonds. The highest BCUT2D eigenvalue weighted by molar-refractivity contribution is 5.76. The lowest BCUT2D eigenvalue weighted by atomic mass is 10.0. The van der Waals surface area contributed by atoms with Crippen LogP contribution in [-0.2, 0) is 4.79 Å². The molecule has 0 fully saturated rings. The number of aliphatic hydroxyl groups excluding tert-OH is 1. The average molecular weight is 173 g/mol. The van der Waals surface area contributed by atoms with Crippen molar-refractivity contribution in [3.63, 3.8) is 0 Å². The summed E-state index contributed by atoms with van der Waals surface area (Å²) in [5.74, 6) is 0.0940. The van der Waals surface area contributed by atoms with Crippen LogP contribution >= 0.6 is 0 Å². The molecule has 0 aromatic carbocycles. The lowest BCUT2D eigenvalue weighted by Crippen LogP contribution is -2.49. The molecule has 3 heteroatoms. The summed E-state index contributed by atoms with van der Waals surface area (Å²) in [5, 5.41) is 9.05. The maximum absolute atomic E-state index is 11.4. The van der Waals surface area contributed by atoms with Crippen LogP contribution < -0.4 is 0 Å². The molecule has 0 atom stereocenters. The van der Waals surface area contributed by atoms with Crippen LogP contribution in [0.4, 0.5) is 0 Å². The molecule has 0 aliphatic heterocycles. The summed E-state index contributed by atoms with van der Waals surface area (Å²) < 4.78 is 0. The molecule has 0 radical (unpaired) electrons. The Morgan fingerprint density at radius 2 is 1.92 bits per heavy atom. The zero-order valence-electron chi connectivity index (χ0n) is 8.42. The average Bonchev–Trinajstić information content (AvgIpc) is 2.05. The molecule has 0 unspecified atom stereocenters. The molecule has 0 aliphatic rings. The van der Waals surface area contributed by atoms with Crippen molar-refractivity contribution in [2.24, 2.45) is 0 Å². The maximum atomic E-state index is 11.4. The Bertz CT molecular complexity index is 155. The third-order valence-corrected chi connectivity index (χ3v) is 2.04. The van der Waals surface area contributed by atoms with Crippen LogP contribution in [0, 0.1) is 0 Å². The topological polar surface area (TPSA) is 40.5 Å². The van der Waals surface area contributed by atoms with Gasteiger partial charge in [0, 0.05) is 13.0 Å². The molecule has 0 saturated carbocycles. The molecule has 0 aromatic heterocycles. The molecule has 0 heterocycles. The minimum Gasteiger partial charge on any atom is -0.394 e. The number of rotatable bonds is 4. The predicted molar refractivity (Wildman–Crippen MR) is 48.8 cm³/mol. The van der Waals surface area contributed by atoms with E-state index in [0.29, 0.717) is 13.0 Å². The zero-order valence-corrected chi connectivity index (χ0v) is 8.42. The maximum Gasteiger partial charge on any atom is 0.222 e. The molecule has 0 spiro atoms. The van der Waals surface area contributed by atoms with Crippen molar-refractivity contribution < 1.29 is 9.90 Å². The van der Waals surface area contributed by atoms with Gasteiger partial charge in [-0.05, 0) is 20.8 Å². The molecular formula is C9H19NO2. The van der Waals surface area contributed by atoms with Gasteiger partial charge >= 0.3 is 0 Å². The summed E-state index contributed by atoms with van der Waals surface area (Å²) in [5.41, 5.74) is -0.429. The molecule has 12 heavy (non-hydrogen) atoms. The lowest BCUT2D eigenvalue weighted by molar-refractivity contribution is -0.137. The summed E-state index contributed by atoms with van der Waals surface area (Å²) in [6.45, 7) is 8.14. The second-order valence-electron chi connectivity index (χ2n) is 3.46. The third-order valence-electron chi connectivity index (χ3n) is 2.04. The van der Waals surface area contributed by atoms with E-state index in [9.17, 15) is 4.79 Å². The highest BCUT2D eigenvalue weighted by Gasteiger charge is 2.27. The van der Waals surface area contributed by atoms with Gasteiger partial charge in [-0.25, -0.2) is 0 Å². The molecule has 0 bridgehead atoms. The molecule has 72 valence electrons. The summed E-state index contributed by atoms with van der Waals surface area (Å²) in [7, 11) is 0. The fourth-order valence-corrected chi connectivity index (χ4v) is 1.22. The van der Waals surface area contributed by atoms with E-state index < -0.39 is 5.54 Å². The van der Waals surface area contributed by atoms with Crippen molar-refractivity contribution in [3.05, 3.63) is 0 Å². The van der Waals surface area contributed by atoms with E-state index >= 15 is 0 Å². The van der Waals surface area contributed by atoms with Gasteiger partial charge in [0.15, 0.2) is 0 Å². The number of hydrogen-bond acceptors (Lipinski definition) is 2. The Labute approximate surface area is 74.4 Å². The van der Waals surface area contributed by atoms with Gasteiger partial charge in [0.2, 0.25) is 5.91 Å². The summed E-state index contributed by atoms with van der Waals surface area (Å²) in [6.07, 6.45) is 0.497. The van der Waals surface area contributed by atoms with Crippen molar-refractivity contribution in [2.45, 2.75) is 39.7 Å². The number of carbonyl (C=O) groups excluding carboxylic acids is 1. The number of hydrogen-bond donors (Lipinski definition) is 1. The first kappa shape index (κ1) is 11.4. The van der Waals surface area contributed by atoms with Crippen molar-refractivity contribution in [2.75, 3.05) is 13.2 Å². The number of aliphatic hydroxyl groups is 1. The summed E-state index contributed by atoms with van der Waals surface area (Å²) in [4.78, 5) is 13.1. The highest BCUT2D eigenvalue weighted by atomic mass is 16.3. The first-order valence-corrected chi connectivity index (χ1v) is 4.41. The van der Waals surface area contributed by atoms with Crippen LogP contribution in [0.3, 0.4) is 0 Å². The minimum absolute atomic E-state index is 0.00653. The van der Waals surface area contributed by atoms with Gasteiger partial charge in [0.1, 0.15) is 0 Å². The van der Waals surface area contributed by atoms with Gasteiger partial charge in [0.25, 0.3) is 0 Å². The number of nitrogens with zero attached hydrogens (tertiary/aromatic N) is 1. The van der Waals surface area contributed by atoms with Crippen LogP contribution in [0.1, 0.15) is 34.1 Å². The number of amides is 1. The molecule has 1 N–H and O–H groups in total. The minimum atomic E-state index is -0.429. The van der Waals surface area contributed by atoms with Crippen molar-refractivity contribution >= 4 is 5.91 Å². The van der Waals surface area contributed by atoms with Gasteiger partial charge in [-0.3, -0.25) is 4.79 Å². The van der Waals surface area contributed by atoms with Crippen molar-refractivity contribution in [1.82, 2.24) is 4.90 Å². The predicted octanol–water partition coefficient (Wildman–Crippen LogP) is 1.02. The van der Waals surface area contributed by atoms with E-state index in [0.717, 1.165) is 0 Å². The first-order chi connectivity index (χ1) is 5.49. The molecule has 0 aromatic rings. The summed E-state index contributed by atoms with van der Waals surface area (Å²) >= 11 is 0. The quantitative estimate of drug-likeness (QED) is 0.689. The molecular weight excluding hydrogens is 154 g/mol. The second kappa shape index (κ2) is 4.45. The van der Waals surface area contributed by atoms with Crippen molar-refractivity contribution in [3.8, 4) is 0 Å². The van der Waals surface area contributed by atoms with Crippen LogP contribution in [0.25, 0.3) is 0 Å². The Kier molecular flexibility index (Phi) is 4.24. The molecule has 0 saturated heterocycles. The Morgan fingerprint density at radius 1 is 1.42 bits per heavy atom. The van der Waals surface area contributed by atoms with Crippen LogP contribution in [0.15, 0.2) is 0 Å². The van der Waals surface area contributed by atoms with E-state index in [1.165, 1.54) is 0 Å². The highest BCUT2D eigenvalue weighted by Crippen LogP contribution is 2.14. The normalized spacial score (nSPS) is 11.4. The van der Waals surface area contributed by atoms with E-state index in [2.05, 4.69) is 0 Å². The van der Waals surface area contributed by atoms with Crippen LogP contribution in [-0.4, -0.2) is 34.6 Å². The zero-order chi connectivity index (χ0) is 9.78. The fraction of sp³-hybridized carbons (Fsp3) is 0.889. The van der Waals surface area contributed by atoms with Crippen LogP contribution in [0.5, 0.6) is 0 Å². The Hall–Kier alpha value is -0.570. The monoisotopic (exact) mass is 173 g/mol.